The van der Waals surface area contributed by atoms with Crippen molar-refractivity contribution in [3.8, 4) is 6.07 Å². The van der Waals surface area contributed by atoms with E-state index in [1.165, 1.54) is 25.3 Å². The molecule has 0 saturated heterocycles. The molecular formula is C47H46F3N15O2. The molecule has 0 fully saturated rings. The molecular weight excluding hydrogens is 864 g/mol. The van der Waals surface area contributed by atoms with Crippen LogP contribution in [0.25, 0.3) is 33.1 Å². The summed E-state index contributed by atoms with van der Waals surface area (Å²) in [6.45, 7) is 0.507. The van der Waals surface area contributed by atoms with E-state index in [9.17, 15) is 18.0 Å². The fourth-order valence-corrected chi connectivity index (χ4v) is 6.96. The van der Waals surface area contributed by atoms with Crippen LogP contribution < -0.4 is 25.8 Å². The number of aromatic nitrogens is 9. The van der Waals surface area contributed by atoms with Crippen LogP contribution in [0.3, 0.4) is 0 Å². The van der Waals surface area contributed by atoms with Gasteiger partial charge in [0.15, 0.2) is 0 Å². The number of aryl methyl sites for hydroxylation is 3. The molecule has 9 aromatic rings. The maximum Gasteiger partial charge on any atom is 0.407 e. The van der Waals surface area contributed by atoms with E-state index in [4.69, 9.17) is 11.0 Å². The van der Waals surface area contributed by atoms with Gasteiger partial charge in [0, 0.05) is 73.6 Å². The molecule has 6 aromatic heterocycles. The SMILES string of the molecule is CN(c1cc2c(cn1)ncn2C)c1ccc(C#N)cc1F.CN(c1cc2c(cn1)ncn2C)c1ccc(CN)cc1F.COC(=O)NCc1ccc(N(C)c2cc3c(cn2)ncn3C)c(F)c1. The van der Waals surface area contributed by atoms with Gasteiger partial charge in [-0.1, -0.05) is 12.1 Å². The van der Waals surface area contributed by atoms with Gasteiger partial charge in [-0.3, -0.25) is 0 Å². The average Bonchev–Trinajstić information content (AvgIpc) is 4.04. The summed E-state index contributed by atoms with van der Waals surface area (Å²) < 4.78 is 52.9. The fraction of sp³-hybridized carbons (Fsp3) is 0.191. The number of imidazole rings is 3. The van der Waals surface area contributed by atoms with E-state index in [0.29, 0.717) is 52.2 Å². The number of anilines is 6. The molecule has 0 aliphatic heterocycles. The second-order valence-corrected chi connectivity index (χ2v) is 15.2. The van der Waals surface area contributed by atoms with Crippen LogP contribution in [-0.4, -0.2) is 78.0 Å². The second kappa shape index (κ2) is 20.1. The molecule has 0 aliphatic carbocycles. The molecule has 3 aromatic carbocycles. The molecule has 3 N–H and O–H groups in total. The zero-order valence-electron chi connectivity index (χ0n) is 37.6. The summed E-state index contributed by atoms with van der Waals surface area (Å²) in [5, 5.41) is 11.3. The summed E-state index contributed by atoms with van der Waals surface area (Å²) >= 11 is 0. The van der Waals surface area contributed by atoms with Gasteiger partial charge in [-0.05, 0) is 53.6 Å². The average molecular weight is 910 g/mol. The molecule has 342 valence electrons. The number of carbonyl (C=O) groups is 1. The normalized spacial score (nSPS) is 10.8. The van der Waals surface area contributed by atoms with E-state index < -0.39 is 17.7 Å². The predicted octanol–water partition coefficient (Wildman–Crippen LogP) is 7.81. The van der Waals surface area contributed by atoms with Crippen molar-refractivity contribution in [3.63, 3.8) is 0 Å². The lowest BCUT2D eigenvalue weighted by Crippen LogP contribution is -2.22. The van der Waals surface area contributed by atoms with Crippen LogP contribution in [0.15, 0.2) is 110 Å². The van der Waals surface area contributed by atoms with Crippen molar-refractivity contribution in [1.29, 1.82) is 5.26 Å². The number of nitriles is 1. The van der Waals surface area contributed by atoms with E-state index in [-0.39, 0.29) is 12.4 Å². The highest BCUT2D eigenvalue weighted by atomic mass is 19.1. The van der Waals surface area contributed by atoms with Gasteiger partial charge in [0.25, 0.3) is 0 Å². The zero-order chi connectivity index (χ0) is 47.9. The van der Waals surface area contributed by atoms with Gasteiger partial charge in [0.1, 0.15) is 51.5 Å². The predicted molar refractivity (Wildman–Crippen MR) is 251 cm³/mol. The summed E-state index contributed by atoms with van der Waals surface area (Å²) in [6, 6.07) is 21.6. The number of halogens is 3. The first-order valence-corrected chi connectivity index (χ1v) is 20.5. The minimum atomic E-state index is -0.560. The number of carbonyl (C=O) groups excluding carboxylic acids is 1. The molecule has 1 amide bonds. The first kappa shape index (κ1) is 46.4. The number of nitrogens with zero attached hydrogens (tertiary/aromatic N) is 13. The largest absolute Gasteiger partial charge is 0.453 e. The monoisotopic (exact) mass is 909 g/mol. The summed E-state index contributed by atoms with van der Waals surface area (Å²) in [7, 11) is 12.2. The summed E-state index contributed by atoms with van der Waals surface area (Å²) in [4.78, 5) is 41.7. The highest BCUT2D eigenvalue weighted by molar-refractivity contribution is 5.81. The number of fused-ring (bicyclic) bond motifs is 3. The first-order chi connectivity index (χ1) is 32.2. The molecule has 17 nitrogen and oxygen atoms in total. The number of hydrogen-bond acceptors (Lipinski definition) is 13. The quantitative estimate of drug-likeness (QED) is 0.143. The Hall–Kier alpha value is -8.57. The van der Waals surface area contributed by atoms with Crippen molar-refractivity contribution < 1.29 is 22.7 Å². The summed E-state index contributed by atoms with van der Waals surface area (Å²) in [5.41, 5.74) is 13.6. The van der Waals surface area contributed by atoms with Crippen LogP contribution in [0, 0.1) is 28.8 Å². The molecule has 0 aliphatic rings. The van der Waals surface area contributed by atoms with Crippen LogP contribution in [0.5, 0.6) is 0 Å². The third kappa shape index (κ3) is 10.2. The minimum Gasteiger partial charge on any atom is -0.453 e. The third-order valence-electron chi connectivity index (χ3n) is 10.9. The molecule has 0 bridgehead atoms. The van der Waals surface area contributed by atoms with E-state index in [1.807, 2.05) is 65.2 Å². The number of nitrogens with two attached hydrogens (primary N) is 1. The van der Waals surface area contributed by atoms with Gasteiger partial charge >= 0.3 is 6.09 Å². The number of hydrogen-bond donors (Lipinski definition) is 2. The van der Waals surface area contributed by atoms with Crippen molar-refractivity contribution in [3.05, 3.63) is 145 Å². The number of amides is 1. The molecule has 0 saturated carbocycles. The van der Waals surface area contributed by atoms with Crippen molar-refractivity contribution >= 4 is 73.7 Å². The highest BCUT2D eigenvalue weighted by Crippen LogP contribution is 2.30. The lowest BCUT2D eigenvalue weighted by molar-refractivity contribution is 0.170. The second-order valence-electron chi connectivity index (χ2n) is 15.2. The molecule has 67 heavy (non-hydrogen) atoms. The Morgan fingerprint density at radius 3 is 1.39 bits per heavy atom. The van der Waals surface area contributed by atoms with Gasteiger partial charge < -0.3 is 44.2 Å². The number of rotatable bonds is 9. The topological polar surface area (TPSA) is 190 Å². The molecule has 9 rings (SSSR count). The van der Waals surface area contributed by atoms with Crippen LogP contribution in [0.4, 0.5) is 52.5 Å². The molecule has 6 heterocycles. The minimum absolute atomic E-state index is 0.187. The Morgan fingerprint density at radius 2 is 1.01 bits per heavy atom. The Labute approximate surface area is 383 Å². The zero-order valence-corrected chi connectivity index (χ0v) is 37.6. The summed E-state index contributed by atoms with van der Waals surface area (Å²) in [6.07, 6.45) is 9.59. The fourth-order valence-electron chi connectivity index (χ4n) is 6.96. The van der Waals surface area contributed by atoms with Crippen molar-refractivity contribution in [2.24, 2.45) is 26.9 Å². The number of alkyl carbamates (subject to hydrolysis) is 1. The number of nitrogens with one attached hydrogen (secondary N) is 1. The van der Waals surface area contributed by atoms with Crippen LogP contribution in [0.2, 0.25) is 0 Å². The number of benzene rings is 3. The van der Waals surface area contributed by atoms with E-state index >= 15 is 0 Å². The maximum atomic E-state index is 14.5. The van der Waals surface area contributed by atoms with Crippen molar-refractivity contribution in [2.75, 3.05) is 43.0 Å². The van der Waals surface area contributed by atoms with Gasteiger partial charge in [-0.2, -0.15) is 5.26 Å². The molecule has 0 atom stereocenters. The Kier molecular flexibility index (Phi) is 13.9. The van der Waals surface area contributed by atoms with E-state index in [2.05, 4.69) is 40.0 Å². The highest BCUT2D eigenvalue weighted by Gasteiger charge is 2.16. The van der Waals surface area contributed by atoms with E-state index in [0.717, 1.165) is 38.7 Å². The van der Waals surface area contributed by atoms with Crippen molar-refractivity contribution in [2.45, 2.75) is 13.1 Å². The van der Waals surface area contributed by atoms with Gasteiger partial charge in [-0.15, -0.1) is 0 Å². The lowest BCUT2D eigenvalue weighted by atomic mass is 10.2. The van der Waals surface area contributed by atoms with Gasteiger partial charge in [-0.25, -0.2) is 47.9 Å². The Bertz CT molecular complexity index is 3270. The number of methoxy groups -OCH3 is 1. The smallest absolute Gasteiger partial charge is 0.407 e. The van der Waals surface area contributed by atoms with Crippen molar-refractivity contribution in [1.82, 2.24) is 48.9 Å². The Morgan fingerprint density at radius 1 is 0.627 bits per heavy atom. The molecule has 20 heteroatoms. The maximum absolute atomic E-state index is 14.5. The number of ether oxygens (including phenoxy) is 1. The summed E-state index contributed by atoms with van der Waals surface area (Å²) in [5.74, 6) is 0.699. The lowest BCUT2D eigenvalue weighted by Gasteiger charge is -2.19. The van der Waals surface area contributed by atoms with Gasteiger partial charge in [0.05, 0.1) is 89.9 Å². The first-order valence-electron chi connectivity index (χ1n) is 20.5. The molecule has 0 unspecified atom stereocenters. The van der Waals surface area contributed by atoms with Gasteiger partial charge in [0.2, 0.25) is 0 Å². The number of pyridine rings is 3. The Balaban J connectivity index is 0.000000150. The van der Waals surface area contributed by atoms with E-state index in [1.54, 1.807) is 104 Å². The molecule has 0 radical (unpaired) electrons. The van der Waals surface area contributed by atoms with Crippen LogP contribution in [-0.2, 0) is 39.0 Å². The molecule has 0 spiro atoms. The van der Waals surface area contributed by atoms with Crippen LogP contribution in [0.1, 0.15) is 16.7 Å². The third-order valence-corrected chi connectivity index (χ3v) is 10.9. The standard InChI is InChI=1S/C17H18FN5O2.C15H16FN5.C15H12FN5/c1-22-10-21-13-9-19-16(7-15(13)22)23(2)14-5-4-11(6-12(14)18)8-20-17(24)25-3;2*1-20-9-19-12-8-18-15(6-14(12)20)21(2)13-4-3-10(7-17)5-11(13)16/h4-7,9-10H,8H2,1-3H3,(H,20,24);3-6,8-9H,7,17H2,1-2H3;3-6,8-9H,1-2H3. The van der Waals surface area contributed by atoms with Crippen LogP contribution >= 0.6 is 0 Å².